The lowest BCUT2D eigenvalue weighted by Gasteiger charge is -2.07. The van der Waals surface area contributed by atoms with Gasteiger partial charge in [-0.05, 0) is 19.8 Å². The highest BCUT2D eigenvalue weighted by Gasteiger charge is 2.28. The average molecular weight is 243 g/mol. The molecule has 0 saturated heterocycles. The summed E-state index contributed by atoms with van der Waals surface area (Å²) in [4.78, 5) is 9.31. The summed E-state index contributed by atoms with van der Waals surface area (Å²) >= 11 is 0. The minimum atomic E-state index is 0.540. The molecule has 0 unspecified atom stereocenters. The first-order valence-electron chi connectivity index (χ1n) is 6.26. The maximum absolute atomic E-state index is 4.67. The molecule has 2 aromatic rings. The molecule has 1 N–H and O–H groups in total. The van der Waals surface area contributed by atoms with Gasteiger partial charge in [-0.3, -0.25) is 4.68 Å². The molecule has 2 heterocycles. The molecule has 3 rings (SSSR count). The summed E-state index contributed by atoms with van der Waals surface area (Å²) < 4.78 is 1.84. The number of hydrogen-bond donors (Lipinski definition) is 1. The summed E-state index contributed by atoms with van der Waals surface area (Å²) in [6.45, 7) is 6.41. The Balaban J connectivity index is 2.18. The third kappa shape index (κ3) is 1.75. The van der Waals surface area contributed by atoms with Crippen LogP contribution < -0.4 is 5.32 Å². The topological polar surface area (TPSA) is 55.6 Å². The van der Waals surface area contributed by atoms with Crippen LogP contribution in [0.1, 0.15) is 30.3 Å². The molecule has 1 aliphatic rings. The average Bonchev–Trinajstić information content (AvgIpc) is 3.15. The SMILES string of the molecule is C=CCNc1nc(C2CC2)nc2c(C)nn(C)c12. The van der Waals surface area contributed by atoms with E-state index in [9.17, 15) is 0 Å². The molecule has 0 bridgehead atoms. The molecule has 5 nitrogen and oxygen atoms in total. The van der Waals surface area contributed by atoms with E-state index in [0.29, 0.717) is 12.5 Å². The molecule has 0 aromatic carbocycles. The number of nitrogens with zero attached hydrogens (tertiary/aromatic N) is 4. The number of hydrogen-bond acceptors (Lipinski definition) is 4. The normalized spacial score (nSPS) is 15.0. The van der Waals surface area contributed by atoms with E-state index in [1.54, 1.807) is 0 Å². The summed E-state index contributed by atoms with van der Waals surface area (Å²) in [5, 5.41) is 7.71. The second-order valence-corrected chi connectivity index (χ2v) is 4.78. The quantitative estimate of drug-likeness (QED) is 0.836. The Kier molecular flexibility index (Phi) is 2.54. The van der Waals surface area contributed by atoms with Gasteiger partial charge in [-0.25, -0.2) is 9.97 Å². The van der Waals surface area contributed by atoms with Gasteiger partial charge in [0.25, 0.3) is 0 Å². The fourth-order valence-corrected chi connectivity index (χ4v) is 2.17. The third-order valence-corrected chi connectivity index (χ3v) is 3.22. The van der Waals surface area contributed by atoms with E-state index in [2.05, 4.69) is 27.0 Å². The van der Waals surface area contributed by atoms with E-state index < -0.39 is 0 Å². The lowest BCUT2D eigenvalue weighted by atomic mass is 10.3. The van der Waals surface area contributed by atoms with E-state index in [1.807, 2.05) is 24.7 Å². The Morgan fingerprint density at radius 1 is 1.44 bits per heavy atom. The highest BCUT2D eigenvalue weighted by molar-refractivity contribution is 5.87. The molecule has 5 heteroatoms. The van der Waals surface area contributed by atoms with Crippen molar-refractivity contribution in [2.24, 2.45) is 7.05 Å². The first kappa shape index (κ1) is 11.2. The number of aromatic nitrogens is 4. The summed E-state index contributed by atoms with van der Waals surface area (Å²) in [6, 6.07) is 0. The lowest BCUT2D eigenvalue weighted by Crippen LogP contribution is -2.06. The second-order valence-electron chi connectivity index (χ2n) is 4.78. The zero-order valence-corrected chi connectivity index (χ0v) is 10.8. The fraction of sp³-hybridized carbons (Fsp3) is 0.462. The van der Waals surface area contributed by atoms with E-state index in [1.165, 1.54) is 12.8 Å². The van der Waals surface area contributed by atoms with Crippen molar-refractivity contribution in [3.8, 4) is 0 Å². The van der Waals surface area contributed by atoms with Gasteiger partial charge >= 0.3 is 0 Å². The Labute approximate surface area is 106 Å². The number of fused-ring (bicyclic) bond motifs is 1. The van der Waals surface area contributed by atoms with Gasteiger partial charge < -0.3 is 5.32 Å². The second kappa shape index (κ2) is 4.08. The first-order chi connectivity index (χ1) is 8.70. The van der Waals surface area contributed by atoms with Gasteiger partial charge in [-0.1, -0.05) is 6.08 Å². The number of anilines is 1. The number of aryl methyl sites for hydroxylation is 2. The van der Waals surface area contributed by atoms with Gasteiger partial charge in [-0.15, -0.1) is 6.58 Å². The molecular formula is C13H17N5. The van der Waals surface area contributed by atoms with Gasteiger partial charge in [0.2, 0.25) is 0 Å². The van der Waals surface area contributed by atoms with Crippen LogP contribution in [0, 0.1) is 6.92 Å². The van der Waals surface area contributed by atoms with Crippen LogP contribution in [0.4, 0.5) is 5.82 Å². The molecule has 94 valence electrons. The van der Waals surface area contributed by atoms with Crippen molar-refractivity contribution >= 4 is 16.9 Å². The van der Waals surface area contributed by atoms with Crippen LogP contribution >= 0.6 is 0 Å². The Bertz CT molecular complexity index is 609. The highest BCUT2D eigenvalue weighted by atomic mass is 15.3. The van der Waals surface area contributed by atoms with Gasteiger partial charge in [0.1, 0.15) is 16.9 Å². The summed E-state index contributed by atoms with van der Waals surface area (Å²) in [7, 11) is 1.93. The van der Waals surface area contributed by atoms with Gasteiger partial charge in [0.05, 0.1) is 5.69 Å². The van der Waals surface area contributed by atoms with Crippen LogP contribution in [-0.4, -0.2) is 26.3 Å². The monoisotopic (exact) mass is 243 g/mol. The first-order valence-corrected chi connectivity index (χ1v) is 6.26. The molecule has 0 aliphatic heterocycles. The summed E-state index contributed by atoms with van der Waals surface area (Å²) in [5.41, 5.74) is 2.89. The number of nitrogens with one attached hydrogen (secondary N) is 1. The van der Waals surface area contributed by atoms with Crippen LogP contribution in [-0.2, 0) is 7.05 Å². The van der Waals surface area contributed by atoms with Crippen molar-refractivity contribution in [3.05, 3.63) is 24.2 Å². The standard InChI is InChI=1S/C13H17N5/c1-4-7-14-13-11-10(8(2)17-18(11)3)15-12(16-13)9-5-6-9/h4,9H,1,5-7H2,2-3H3,(H,14,15,16). The molecule has 1 fully saturated rings. The van der Waals surface area contributed by atoms with E-state index >= 15 is 0 Å². The molecule has 1 aliphatic carbocycles. The predicted octanol–water partition coefficient (Wildman–Crippen LogP) is 2.15. The maximum Gasteiger partial charge on any atom is 0.156 e. The molecule has 0 atom stereocenters. The van der Waals surface area contributed by atoms with Crippen LogP contribution in [0.2, 0.25) is 0 Å². The van der Waals surface area contributed by atoms with Crippen LogP contribution in [0.25, 0.3) is 11.0 Å². The van der Waals surface area contributed by atoms with E-state index in [-0.39, 0.29) is 0 Å². The Morgan fingerprint density at radius 3 is 2.89 bits per heavy atom. The van der Waals surface area contributed by atoms with Gasteiger partial charge in [-0.2, -0.15) is 5.10 Å². The Hall–Kier alpha value is -1.91. The number of rotatable bonds is 4. The van der Waals surface area contributed by atoms with Crippen molar-refractivity contribution in [2.45, 2.75) is 25.7 Å². The van der Waals surface area contributed by atoms with Crippen molar-refractivity contribution < 1.29 is 0 Å². The molecule has 0 amide bonds. The maximum atomic E-state index is 4.67. The van der Waals surface area contributed by atoms with Crippen molar-refractivity contribution in [1.29, 1.82) is 0 Å². The molecule has 1 saturated carbocycles. The van der Waals surface area contributed by atoms with Crippen molar-refractivity contribution in [3.63, 3.8) is 0 Å². The molecule has 0 radical (unpaired) electrons. The highest BCUT2D eigenvalue weighted by Crippen LogP contribution is 2.39. The zero-order valence-electron chi connectivity index (χ0n) is 10.8. The summed E-state index contributed by atoms with van der Waals surface area (Å²) in [5.74, 6) is 2.35. The van der Waals surface area contributed by atoms with Crippen LogP contribution in [0.3, 0.4) is 0 Å². The van der Waals surface area contributed by atoms with Gasteiger partial charge in [0, 0.05) is 19.5 Å². The van der Waals surface area contributed by atoms with Gasteiger partial charge in [0.15, 0.2) is 5.82 Å². The predicted molar refractivity (Wildman–Crippen MR) is 71.7 cm³/mol. The van der Waals surface area contributed by atoms with E-state index in [0.717, 1.165) is 28.4 Å². The third-order valence-electron chi connectivity index (χ3n) is 3.22. The minimum Gasteiger partial charge on any atom is -0.365 e. The largest absolute Gasteiger partial charge is 0.365 e. The molecular weight excluding hydrogens is 226 g/mol. The summed E-state index contributed by atoms with van der Waals surface area (Å²) in [6.07, 6.45) is 4.23. The molecule has 2 aromatic heterocycles. The Morgan fingerprint density at radius 2 is 2.22 bits per heavy atom. The van der Waals surface area contributed by atoms with Crippen molar-refractivity contribution in [1.82, 2.24) is 19.7 Å². The zero-order chi connectivity index (χ0) is 12.7. The molecule has 18 heavy (non-hydrogen) atoms. The van der Waals surface area contributed by atoms with Crippen LogP contribution in [0.15, 0.2) is 12.7 Å². The minimum absolute atomic E-state index is 0.540. The van der Waals surface area contributed by atoms with Crippen LogP contribution in [0.5, 0.6) is 0 Å². The fourth-order valence-electron chi connectivity index (χ4n) is 2.17. The lowest BCUT2D eigenvalue weighted by molar-refractivity contribution is 0.782. The molecule has 0 spiro atoms. The smallest absolute Gasteiger partial charge is 0.156 e. The van der Waals surface area contributed by atoms with Crippen molar-refractivity contribution in [2.75, 3.05) is 11.9 Å². The van der Waals surface area contributed by atoms with E-state index in [4.69, 9.17) is 0 Å².